The van der Waals surface area contributed by atoms with Crippen LogP contribution in [0.1, 0.15) is 106 Å². The highest BCUT2D eigenvalue weighted by Gasteiger charge is 2.71. The van der Waals surface area contributed by atoms with Gasteiger partial charge in [-0.1, -0.05) is 53.2 Å². The fourth-order valence-electron chi connectivity index (χ4n) is 16.2. The molecule has 8 fully saturated rings. The Kier molecular flexibility index (Phi) is 16.8. The van der Waals surface area contributed by atoms with Crippen molar-refractivity contribution in [2.75, 3.05) is 33.0 Å². The summed E-state index contributed by atoms with van der Waals surface area (Å²) in [6, 6.07) is 0. The molecule has 9 aliphatic rings. The number of aliphatic hydroxyl groups excluding tert-OH is 14. The van der Waals surface area contributed by atoms with E-state index in [1.807, 2.05) is 6.92 Å². The molecular formula is C53H86O23. The number of hydrogen-bond donors (Lipinski definition) is 14. The topological polar surface area (TPSA) is 374 Å². The van der Waals surface area contributed by atoms with Crippen LogP contribution in [-0.4, -0.2) is 233 Å². The summed E-state index contributed by atoms with van der Waals surface area (Å²) < 4.78 is 47.5. The van der Waals surface area contributed by atoms with E-state index >= 15 is 4.79 Å². The van der Waals surface area contributed by atoms with E-state index in [9.17, 15) is 71.5 Å². The smallest absolute Gasteiger partial charge is 0.315 e. The molecule has 4 heterocycles. The zero-order valence-electron chi connectivity index (χ0n) is 44.4. The molecule has 76 heavy (non-hydrogen) atoms. The first-order valence-corrected chi connectivity index (χ1v) is 27.4. The standard InChI is InChI=1S/C53H86O23/c1-48(2)13-15-53(47(68)76-45-41(67)38(64)34(60)28(73-45)21-69-43-39(65)36(62)32(58)25(18-54)70-43)16-14-51(5)23(24(53)17-48)7-8-30-49(3)11-10-31(50(4,22-57)29(49)9-12-52(30,51)6)74-46-42(35(61)27(20-56)72-46)75-44-40(66)37(63)33(59)26(19-55)71-44/h7,24-46,54-67H,8-22H2,1-6H3/t24-,25+,26+,27-,28+,29+,30+,31-,32+,33+,34+,35-,36-,37-,38-,39+,40+,41+,42+,43+,44-,45-,46+,49-,50-,51+,52+,53-/m0/s1. The minimum atomic E-state index is -1.85. The fourth-order valence-corrected chi connectivity index (χ4v) is 16.2. The van der Waals surface area contributed by atoms with Crippen LogP contribution in [0, 0.1) is 50.2 Å². The number of hydrogen-bond acceptors (Lipinski definition) is 23. The molecule has 5 aliphatic carbocycles. The summed E-state index contributed by atoms with van der Waals surface area (Å²) in [7, 11) is 0. The average molecular weight is 1090 g/mol. The lowest BCUT2D eigenvalue weighted by Gasteiger charge is -2.71. The Balaban J connectivity index is 0.931. The van der Waals surface area contributed by atoms with Gasteiger partial charge in [0.05, 0.1) is 44.6 Å². The lowest BCUT2D eigenvalue weighted by atomic mass is 9.33. The summed E-state index contributed by atoms with van der Waals surface area (Å²) in [5, 5.41) is 148. The predicted molar refractivity (Wildman–Crippen MR) is 258 cm³/mol. The summed E-state index contributed by atoms with van der Waals surface area (Å²) in [4.78, 5) is 15.1. The molecule has 0 amide bonds. The van der Waals surface area contributed by atoms with E-state index in [0.29, 0.717) is 51.4 Å². The van der Waals surface area contributed by atoms with E-state index in [2.05, 4.69) is 40.7 Å². The zero-order chi connectivity index (χ0) is 55.4. The Hall–Kier alpha value is -1.63. The Labute approximate surface area is 442 Å². The Morgan fingerprint density at radius 3 is 1.72 bits per heavy atom. The second kappa shape index (κ2) is 21.6. The van der Waals surface area contributed by atoms with Crippen LogP contribution in [0.25, 0.3) is 0 Å². The minimum Gasteiger partial charge on any atom is -0.432 e. The lowest BCUT2D eigenvalue weighted by Crippen LogP contribution is -2.66. The van der Waals surface area contributed by atoms with Gasteiger partial charge in [0.15, 0.2) is 18.9 Å². The van der Waals surface area contributed by atoms with Crippen LogP contribution < -0.4 is 0 Å². The SMILES string of the molecule is CC1(C)CC[C@]2(C(=O)O[C@@H]3O[C@H](CO[C@@H]4O[C@H](CO)[C@@H](O)[C@H](O)[C@H]4O)[C@@H](O)[C@H](O)[C@H]3O)CC[C@]3(C)C(=CC[C@@H]4[C@@]5(C)CC[C@H](O[C@H]6O[C@@H](CO)[C@H](O)[C@H]6O[C@@H]6O[C@H](CO)[C@@H](O)[C@H](O)[C@H]6O)[C@@](C)(CO)[C@@H]5CC[C@]43C)[C@@H]2C1. The maximum Gasteiger partial charge on any atom is 0.315 e. The van der Waals surface area contributed by atoms with Crippen LogP contribution in [0.2, 0.25) is 0 Å². The molecule has 4 saturated heterocycles. The molecule has 23 nitrogen and oxygen atoms in total. The molecule has 0 aromatic heterocycles. The molecule has 4 saturated carbocycles. The second-order valence-electron chi connectivity index (χ2n) is 25.7. The monoisotopic (exact) mass is 1090 g/mol. The molecule has 9 rings (SSSR count). The van der Waals surface area contributed by atoms with Gasteiger partial charge in [-0.25, -0.2) is 0 Å². The summed E-state index contributed by atoms with van der Waals surface area (Å²) in [5.74, 6) is -0.801. The Morgan fingerprint density at radius 2 is 1.11 bits per heavy atom. The summed E-state index contributed by atoms with van der Waals surface area (Å²) in [6.45, 7) is 10.6. The zero-order valence-corrected chi connectivity index (χ0v) is 44.4. The number of allylic oxidation sites excluding steroid dienone is 2. The van der Waals surface area contributed by atoms with Crippen molar-refractivity contribution in [1.29, 1.82) is 0 Å². The van der Waals surface area contributed by atoms with Crippen molar-refractivity contribution in [2.24, 2.45) is 50.2 Å². The van der Waals surface area contributed by atoms with Crippen LogP contribution in [0.3, 0.4) is 0 Å². The van der Waals surface area contributed by atoms with Crippen molar-refractivity contribution >= 4 is 5.97 Å². The highest BCUT2D eigenvalue weighted by atomic mass is 16.8. The molecule has 0 unspecified atom stereocenters. The van der Waals surface area contributed by atoms with E-state index in [0.717, 1.165) is 12.8 Å². The molecule has 0 bridgehead atoms. The largest absolute Gasteiger partial charge is 0.432 e. The van der Waals surface area contributed by atoms with Crippen LogP contribution in [-0.2, 0) is 42.7 Å². The van der Waals surface area contributed by atoms with Gasteiger partial charge in [-0.15, -0.1) is 0 Å². The summed E-state index contributed by atoms with van der Waals surface area (Å²) in [5.41, 5.74) is -1.83. The third-order valence-electron chi connectivity index (χ3n) is 21.2. The summed E-state index contributed by atoms with van der Waals surface area (Å²) in [6.07, 6.45) is -21.8. The number of rotatable bonds is 13. The fraction of sp³-hybridized carbons (Fsp3) is 0.943. The number of esters is 1. The van der Waals surface area contributed by atoms with E-state index < -0.39 is 166 Å². The minimum absolute atomic E-state index is 0.0707. The van der Waals surface area contributed by atoms with Gasteiger partial charge >= 0.3 is 5.97 Å². The third-order valence-corrected chi connectivity index (χ3v) is 21.2. The van der Waals surface area contributed by atoms with Crippen molar-refractivity contribution in [2.45, 2.75) is 229 Å². The second-order valence-corrected chi connectivity index (χ2v) is 25.7. The van der Waals surface area contributed by atoms with Crippen molar-refractivity contribution < 1.29 is 114 Å². The van der Waals surface area contributed by atoms with Gasteiger partial charge in [0.25, 0.3) is 0 Å². The number of carbonyl (C=O) groups excluding carboxylic acids is 1. The van der Waals surface area contributed by atoms with Crippen molar-refractivity contribution in [3.05, 3.63) is 11.6 Å². The molecule has 436 valence electrons. The maximum absolute atomic E-state index is 15.1. The first-order valence-electron chi connectivity index (χ1n) is 27.4. The van der Waals surface area contributed by atoms with Crippen molar-refractivity contribution in [3.8, 4) is 0 Å². The van der Waals surface area contributed by atoms with Crippen LogP contribution in [0.4, 0.5) is 0 Å². The van der Waals surface area contributed by atoms with Crippen LogP contribution in [0.5, 0.6) is 0 Å². The van der Waals surface area contributed by atoms with E-state index in [1.165, 1.54) is 5.57 Å². The van der Waals surface area contributed by atoms with Crippen molar-refractivity contribution in [3.63, 3.8) is 0 Å². The quantitative estimate of drug-likeness (QED) is 0.0674. The molecule has 0 aromatic rings. The first kappa shape index (κ1) is 59.0. The van der Waals surface area contributed by atoms with Gasteiger partial charge in [0, 0.05) is 5.41 Å². The normalized spacial score (nSPS) is 54.1. The third kappa shape index (κ3) is 9.46. The van der Waals surface area contributed by atoms with Gasteiger partial charge in [-0.3, -0.25) is 4.79 Å². The number of aliphatic hydroxyl groups is 14. The summed E-state index contributed by atoms with van der Waals surface area (Å²) >= 11 is 0. The molecule has 23 heteroatoms. The van der Waals surface area contributed by atoms with Gasteiger partial charge in [0.1, 0.15) is 91.6 Å². The molecule has 14 N–H and O–H groups in total. The molecule has 0 spiro atoms. The van der Waals surface area contributed by atoms with Gasteiger partial charge in [-0.05, 0) is 104 Å². The maximum atomic E-state index is 15.1. The van der Waals surface area contributed by atoms with Gasteiger partial charge in [0.2, 0.25) is 6.29 Å². The van der Waals surface area contributed by atoms with E-state index in [1.54, 1.807) is 0 Å². The van der Waals surface area contributed by atoms with Crippen LogP contribution >= 0.6 is 0 Å². The molecule has 28 atom stereocenters. The number of carbonyl (C=O) groups is 1. The Morgan fingerprint density at radius 1 is 0.566 bits per heavy atom. The molecule has 0 radical (unpaired) electrons. The number of ether oxygens (including phenoxy) is 8. The first-order chi connectivity index (χ1) is 35.7. The lowest BCUT2D eigenvalue weighted by molar-refractivity contribution is -0.334. The molecule has 0 aromatic carbocycles. The average Bonchev–Trinajstić information content (AvgIpc) is 3.76. The van der Waals surface area contributed by atoms with Gasteiger partial charge in [-0.2, -0.15) is 0 Å². The Bertz CT molecular complexity index is 2080. The molecular weight excluding hydrogens is 1000 g/mol. The highest BCUT2D eigenvalue weighted by molar-refractivity contribution is 5.79. The number of fused-ring (bicyclic) bond motifs is 7. The van der Waals surface area contributed by atoms with E-state index in [4.69, 9.17) is 37.9 Å². The predicted octanol–water partition coefficient (Wildman–Crippen LogP) is -2.42. The van der Waals surface area contributed by atoms with Crippen molar-refractivity contribution in [1.82, 2.24) is 0 Å². The van der Waals surface area contributed by atoms with Crippen LogP contribution in [0.15, 0.2) is 11.6 Å². The highest BCUT2D eigenvalue weighted by Crippen LogP contribution is 2.76. The van der Waals surface area contributed by atoms with E-state index in [-0.39, 0.29) is 46.0 Å². The molecule has 4 aliphatic heterocycles. The van der Waals surface area contributed by atoms with Gasteiger partial charge < -0.3 is 109 Å².